The summed E-state index contributed by atoms with van der Waals surface area (Å²) in [5, 5.41) is 13.1. The van der Waals surface area contributed by atoms with Gasteiger partial charge in [0.15, 0.2) is 0 Å². The Labute approximate surface area is 164 Å². The quantitative estimate of drug-likeness (QED) is 0.556. The van der Waals surface area contributed by atoms with Gasteiger partial charge >= 0.3 is 0 Å². The van der Waals surface area contributed by atoms with Gasteiger partial charge in [-0.1, -0.05) is 0 Å². The number of rotatable bonds is 3. The molecule has 8 heteroatoms. The van der Waals surface area contributed by atoms with E-state index in [1.807, 2.05) is 16.8 Å². The van der Waals surface area contributed by atoms with Gasteiger partial charge in [0.2, 0.25) is 11.8 Å². The highest BCUT2D eigenvalue weighted by Gasteiger charge is 2.29. The third kappa shape index (κ3) is 3.09. The zero-order valence-electron chi connectivity index (χ0n) is 14.9. The van der Waals surface area contributed by atoms with Gasteiger partial charge in [0, 0.05) is 34.9 Å². The number of halogens is 1. The molecule has 1 unspecified atom stereocenters. The molecule has 1 aliphatic heterocycles. The lowest BCUT2D eigenvalue weighted by Gasteiger charge is -2.30. The molecule has 5 rings (SSSR count). The van der Waals surface area contributed by atoms with Crippen LogP contribution in [-0.2, 0) is 0 Å². The molecule has 1 amide bonds. The van der Waals surface area contributed by atoms with Crippen molar-refractivity contribution < 1.29 is 13.6 Å². The zero-order valence-corrected chi connectivity index (χ0v) is 15.7. The molecule has 4 heterocycles. The number of hydrogen-bond acceptors (Lipinski definition) is 5. The average Bonchev–Trinajstić information content (AvgIpc) is 3.46. The first-order chi connectivity index (χ1) is 13.7. The Hall–Kier alpha value is -3.00. The van der Waals surface area contributed by atoms with Gasteiger partial charge in [-0.2, -0.15) is 11.3 Å². The van der Waals surface area contributed by atoms with Gasteiger partial charge in [0.1, 0.15) is 11.5 Å². The number of thiophene rings is 1. The van der Waals surface area contributed by atoms with Crippen molar-refractivity contribution in [3.8, 4) is 11.5 Å². The molecule has 6 nitrogen and oxygen atoms in total. The third-order valence-electron chi connectivity index (χ3n) is 5.08. The third-order valence-corrected chi connectivity index (χ3v) is 5.76. The van der Waals surface area contributed by atoms with Gasteiger partial charge in [-0.25, -0.2) is 4.39 Å². The Morgan fingerprint density at radius 3 is 3.07 bits per heavy atom. The van der Waals surface area contributed by atoms with Gasteiger partial charge < -0.3 is 14.3 Å². The maximum absolute atomic E-state index is 13.4. The normalized spacial score (nSPS) is 17.3. The molecular weight excluding hydrogens is 379 g/mol. The van der Waals surface area contributed by atoms with Crippen LogP contribution < -0.4 is 0 Å². The van der Waals surface area contributed by atoms with Crippen molar-refractivity contribution in [2.45, 2.75) is 18.8 Å². The molecule has 0 saturated carbocycles. The van der Waals surface area contributed by atoms with Crippen molar-refractivity contribution in [3.63, 3.8) is 0 Å². The molecule has 4 aromatic rings. The molecule has 1 aliphatic rings. The van der Waals surface area contributed by atoms with Crippen LogP contribution in [0.1, 0.15) is 35.1 Å². The number of benzene rings is 1. The molecule has 1 aromatic carbocycles. The predicted octanol–water partition coefficient (Wildman–Crippen LogP) is 4.44. The number of nitrogens with zero attached hydrogens (tertiary/aromatic N) is 3. The van der Waals surface area contributed by atoms with Crippen LogP contribution in [0, 0.1) is 5.82 Å². The van der Waals surface area contributed by atoms with Gasteiger partial charge in [0.25, 0.3) is 5.91 Å². The molecule has 0 bridgehead atoms. The minimum absolute atomic E-state index is 0.0133. The van der Waals surface area contributed by atoms with Crippen LogP contribution in [0.15, 0.2) is 45.5 Å². The lowest BCUT2D eigenvalue weighted by molar-refractivity contribution is 0.0693. The maximum atomic E-state index is 13.4. The predicted molar refractivity (Wildman–Crippen MR) is 104 cm³/mol. The summed E-state index contributed by atoms with van der Waals surface area (Å²) in [5.74, 6) is 0.664. The second kappa shape index (κ2) is 6.87. The molecule has 1 fully saturated rings. The van der Waals surface area contributed by atoms with Gasteiger partial charge in [0.05, 0.1) is 5.92 Å². The minimum Gasteiger partial charge on any atom is -0.420 e. The molecule has 28 heavy (non-hydrogen) atoms. The van der Waals surface area contributed by atoms with E-state index in [1.165, 1.54) is 12.1 Å². The first-order valence-electron chi connectivity index (χ1n) is 9.11. The van der Waals surface area contributed by atoms with E-state index in [-0.39, 0.29) is 17.6 Å². The van der Waals surface area contributed by atoms with Crippen LogP contribution in [-0.4, -0.2) is 39.1 Å². The van der Waals surface area contributed by atoms with Crippen LogP contribution in [0.2, 0.25) is 0 Å². The molecule has 1 N–H and O–H groups in total. The average molecular weight is 396 g/mol. The SMILES string of the molecule is O=C(c1cc2ccc(F)cc2[nH]1)N1CCCC(c2nnc(-c3ccsc3)o2)C1. The highest BCUT2D eigenvalue weighted by Crippen LogP contribution is 2.30. The highest BCUT2D eigenvalue weighted by molar-refractivity contribution is 7.08. The second-order valence-corrected chi connectivity index (χ2v) is 7.74. The standard InChI is InChI=1S/C20H17FN4O2S/c21-15-4-3-12-8-17(22-16(12)9-15)20(26)25-6-1-2-13(10-25)18-23-24-19(27-18)14-5-7-28-11-14/h3-5,7-9,11,13,22H,1-2,6,10H2. The fourth-order valence-corrected chi connectivity index (χ4v) is 4.28. The number of aromatic nitrogens is 3. The Bertz CT molecular complexity index is 1130. The number of amides is 1. The van der Waals surface area contributed by atoms with Crippen LogP contribution >= 0.6 is 11.3 Å². The van der Waals surface area contributed by atoms with Gasteiger partial charge in [-0.15, -0.1) is 10.2 Å². The summed E-state index contributed by atoms with van der Waals surface area (Å²) >= 11 is 1.58. The first kappa shape index (κ1) is 17.1. The first-order valence-corrected chi connectivity index (χ1v) is 10.1. The second-order valence-electron chi connectivity index (χ2n) is 6.96. The Balaban J connectivity index is 1.35. The minimum atomic E-state index is -0.329. The maximum Gasteiger partial charge on any atom is 0.270 e. The van der Waals surface area contributed by atoms with E-state index in [2.05, 4.69) is 15.2 Å². The van der Waals surface area contributed by atoms with Gasteiger partial charge in [-0.05, 0) is 48.6 Å². The molecule has 1 atom stereocenters. The molecular formula is C20H17FN4O2S. The number of nitrogens with one attached hydrogen (secondary N) is 1. The fourth-order valence-electron chi connectivity index (χ4n) is 3.65. The van der Waals surface area contributed by atoms with E-state index in [4.69, 9.17) is 4.42 Å². The van der Waals surface area contributed by atoms with Crippen molar-refractivity contribution in [3.05, 3.63) is 58.5 Å². The number of carbonyl (C=O) groups is 1. The lowest BCUT2D eigenvalue weighted by Crippen LogP contribution is -2.39. The van der Waals surface area contributed by atoms with E-state index in [0.717, 1.165) is 23.8 Å². The van der Waals surface area contributed by atoms with Crippen molar-refractivity contribution in [2.24, 2.45) is 0 Å². The van der Waals surface area contributed by atoms with E-state index in [0.29, 0.717) is 36.1 Å². The van der Waals surface area contributed by atoms with Crippen molar-refractivity contribution >= 4 is 28.1 Å². The number of hydrogen-bond donors (Lipinski definition) is 1. The van der Waals surface area contributed by atoms with Crippen LogP contribution in [0.4, 0.5) is 4.39 Å². The number of fused-ring (bicyclic) bond motifs is 1. The lowest BCUT2D eigenvalue weighted by atomic mass is 9.98. The number of aromatic amines is 1. The zero-order chi connectivity index (χ0) is 19.1. The van der Waals surface area contributed by atoms with Crippen molar-refractivity contribution in [1.29, 1.82) is 0 Å². The smallest absolute Gasteiger partial charge is 0.270 e. The Morgan fingerprint density at radius 1 is 1.29 bits per heavy atom. The molecule has 142 valence electrons. The fraction of sp³-hybridized carbons (Fsp3) is 0.250. The van der Waals surface area contributed by atoms with Gasteiger partial charge in [-0.3, -0.25) is 4.79 Å². The molecule has 1 saturated heterocycles. The number of likely N-dealkylation sites (tertiary alicyclic amines) is 1. The summed E-state index contributed by atoms with van der Waals surface area (Å²) < 4.78 is 19.3. The summed E-state index contributed by atoms with van der Waals surface area (Å²) in [5.41, 5.74) is 2.00. The molecule has 0 spiro atoms. The Morgan fingerprint density at radius 2 is 2.21 bits per heavy atom. The highest BCUT2D eigenvalue weighted by atomic mass is 32.1. The topological polar surface area (TPSA) is 75.0 Å². The van der Waals surface area contributed by atoms with Crippen LogP contribution in [0.25, 0.3) is 22.4 Å². The van der Waals surface area contributed by atoms with Crippen LogP contribution in [0.5, 0.6) is 0 Å². The van der Waals surface area contributed by atoms with Crippen molar-refractivity contribution in [1.82, 2.24) is 20.1 Å². The number of piperidine rings is 1. The summed E-state index contributed by atoms with van der Waals surface area (Å²) in [6.07, 6.45) is 1.76. The number of carbonyl (C=O) groups excluding carboxylic acids is 1. The summed E-state index contributed by atoms with van der Waals surface area (Å²) in [6, 6.07) is 8.17. The van der Waals surface area contributed by atoms with E-state index in [1.54, 1.807) is 28.4 Å². The summed E-state index contributed by atoms with van der Waals surface area (Å²) in [4.78, 5) is 17.8. The van der Waals surface area contributed by atoms with Crippen LogP contribution in [0.3, 0.4) is 0 Å². The molecule has 3 aromatic heterocycles. The Kier molecular flexibility index (Phi) is 4.20. The van der Waals surface area contributed by atoms with E-state index in [9.17, 15) is 9.18 Å². The van der Waals surface area contributed by atoms with E-state index < -0.39 is 0 Å². The summed E-state index contributed by atoms with van der Waals surface area (Å²) in [7, 11) is 0. The van der Waals surface area contributed by atoms with Crippen molar-refractivity contribution in [2.75, 3.05) is 13.1 Å². The number of H-pyrrole nitrogens is 1. The molecule has 0 aliphatic carbocycles. The molecule has 0 radical (unpaired) electrons. The summed E-state index contributed by atoms with van der Waals surface area (Å²) in [6.45, 7) is 1.19. The van der Waals surface area contributed by atoms with E-state index >= 15 is 0 Å². The monoisotopic (exact) mass is 396 g/mol. The largest absolute Gasteiger partial charge is 0.420 e.